The lowest BCUT2D eigenvalue weighted by Gasteiger charge is -2.26. The van der Waals surface area contributed by atoms with E-state index in [1.807, 2.05) is 0 Å². The van der Waals surface area contributed by atoms with Gasteiger partial charge in [0.25, 0.3) is 0 Å². The minimum atomic E-state index is -0.515. The number of carbonyl (C=O) groups is 1. The van der Waals surface area contributed by atoms with Crippen molar-refractivity contribution in [3.05, 3.63) is 5.56 Å². The molecule has 0 amide bonds. The fraction of sp³-hybridized carbons (Fsp3) is 0.636. The van der Waals surface area contributed by atoms with Crippen LogP contribution in [0, 0.1) is 0 Å². The number of hydrogen-bond donors (Lipinski definition) is 3. The first kappa shape index (κ1) is 12.7. The van der Waals surface area contributed by atoms with Crippen LogP contribution in [0.4, 0.5) is 11.6 Å². The molecule has 7 heteroatoms. The van der Waals surface area contributed by atoms with Crippen LogP contribution in [0.1, 0.15) is 29.6 Å². The van der Waals surface area contributed by atoms with E-state index in [9.17, 15) is 4.79 Å². The maximum absolute atomic E-state index is 11.7. The lowest BCUT2D eigenvalue weighted by Crippen LogP contribution is -2.28. The Morgan fingerprint density at radius 3 is 2.89 bits per heavy atom. The van der Waals surface area contributed by atoms with Crippen LogP contribution in [0.15, 0.2) is 0 Å². The largest absolute Gasteiger partial charge is 0.465 e. The molecule has 0 unspecified atom stereocenters. The molecule has 1 heterocycles. The van der Waals surface area contributed by atoms with Crippen LogP contribution in [0.3, 0.4) is 0 Å². The summed E-state index contributed by atoms with van der Waals surface area (Å²) in [7, 11) is 1.30. The summed E-state index contributed by atoms with van der Waals surface area (Å²) in [5.41, 5.74) is 6.10. The second kappa shape index (κ2) is 5.26. The molecule has 18 heavy (non-hydrogen) atoms. The van der Waals surface area contributed by atoms with Gasteiger partial charge in [0.05, 0.1) is 20.3 Å². The number of rotatable bonds is 5. The first-order valence-corrected chi connectivity index (χ1v) is 5.99. The van der Waals surface area contributed by atoms with Gasteiger partial charge in [0, 0.05) is 6.04 Å². The third kappa shape index (κ3) is 2.26. The highest BCUT2D eigenvalue weighted by atomic mass is 16.5. The summed E-state index contributed by atoms with van der Waals surface area (Å²) in [5, 5.41) is 16.3. The highest BCUT2D eigenvalue weighted by Crippen LogP contribution is 2.28. The third-order valence-electron chi connectivity index (χ3n) is 3.14. The Bertz CT molecular complexity index is 440. The standard InChI is InChI=1S/C11H18N4O3/c1-18-11(17)8-9(12)15(5-6-16)14-10(8)13-7-3-2-4-7/h7,16H,2-6,12H2,1H3,(H,13,14). The molecule has 0 atom stereocenters. The van der Waals surface area contributed by atoms with Crippen molar-refractivity contribution in [3.8, 4) is 0 Å². The number of aliphatic hydroxyl groups excluding tert-OH is 1. The summed E-state index contributed by atoms with van der Waals surface area (Å²) < 4.78 is 6.12. The molecule has 1 aromatic rings. The van der Waals surface area contributed by atoms with Crippen molar-refractivity contribution in [2.24, 2.45) is 0 Å². The first-order chi connectivity index (χ1) is 8.67. The zero-order chi connectivity index (χ0) is 13.1. The molecule has 0 bridgehead atoms. The molecule has 1 aliphatic carbocycles. The van der Waals surface area contributed by atoms with Gasteiger partial charge in [0.15, 0.2) is 5.82 Å². The number of aromatic nitrogens is 2. The first-order valence-electron chi connectivity index (χ1n) is 5.99. The Balaban J connectivity index is 2.28. The van der Waals surface area contributed by atoms with Gasteiger partial charge in [-0.3, -0.25) is 0 Å². The number of esters is 1. The fourth-order valence-electron chi connectivity index (χ4n) is 1.89. The van der Waals surface area contributed by atoms with Crippen LogP contribution in [0.2, 0.25) is 0 Å². The Kier molecular flexibility index (Phi) is 3.71. The van der Waals surface area contributed by atoms with Gasteiger partial charge in [0.2, 0.25) is 0 Å². The van der Waals surface area contributed by atoms with Crippen molar-refractivity contribution in [1.82, 2.24) is 9.78 Å². The van der Waals surface area contributed by atoms with E-state index in [4.69, 9.17) is 15.6 Å². The second-order valence-corrected chi connectivity index (χ2v) is 4.32. The van der Waals surface area contributed by atoms with E-state index in [-0.39, 0.29) is 24.5 Å². The number of aliphatic hydroxyl groups is 1. The van der Waals surface area contributed by atoms with Crippen molar-refractivity contribution in [2.75, 3.05) is 24.8 Å². The number of nitrogens with two attached hydrogens (primary N) is 1. The molecule has 1 saturated carbocycles. The number of anilines is 2. The summed E-state index contributed by atoms with van der Waals surface area (Å²) in [4.78, 5) is 11.7. The van der Waals surface area contributed by atoms with E-state index in [2.05, 4.69) is 10.4 Å². The molecule has 1 aromatic heterocycles. The molecule has 0 saturated heterocycles. The van der Waals surface area contributed by atoms with Gasteiger partial charge < -0.3 is 20.9 Å². The van der Waals surface area contributed by atoms with Crippen molar-refractivity contribution in [3.63, 3.8) is 0 Å². The van der Waals surface area contributed by atoms with Gasteiger partial charge >= 0.3 is 5.97 Å². The molecular weight excluding hydrogens is 236 g/mol. The second-order valence-electron chi connectivity index (χ2n) is 4.32. The minimum absolute atomic E-state index is 0.0879. The summed E-state index contributed by atoms with van der Waals surface area (Å²) in [6.45, 7) is 0.164. The predicted molar refractivity (Wildman–Crippen MR) is 66.3 cm³/mol. The summed E-state index contributed by atoms with van der Waals surface area (Å²) in [6.07, 6.45) is 3.30. The van der Waals surface area contributed by atoms with Crippen LogP contribution in [-0.4, -0.2) is 40.6 Å². The molecule has 0 aliphatic heterocycles. The van der Waals surface area contributed by atoms with Crippen molar-refractivity contribution >= 4 is 17.6 Å². The number of hydrogen-bond acceptors (Lipinski definition) is 6. The van der Waals surface area contributed by atoms with Gasteiger partial charge in [-0.1, -0.05) is 0 Å². The highest BCUT2D eigenvalue weighted by Gasteiger charge is 2.26. The van der Waals surface area contributed by atoms with Gasteiger partial charge in [-0.05, 0) is 19.3 Å². The van der Waals surface area contributed by atoms with E-state index in [1.54, 1.807) is 0 Å². The monoisotopic (exact) mass is 254 g/mol. The summed E-state index contributed by atoms with van der Waals surface area (Å²) in [5.74, 6) is 0.147. The lowest BCUT2D eigenvalue weighted by atomic mass is 9.93. The summed E-state index contributed by atoms with van der Waals surface area (Å²) >= 11 is 0. The van der Waals surface area contributed by atoms with Gasteiger partial charge in [0.1, 0.15) is 11.4 Å². The fourth-order valence-corrected chi connectivity index (χ4v) is 1.89. The van der Waals surface area contributed by atoms with Crippen molar-refractivity contribution in [1.29, 1.82) is 0 Å². The number of nitrogens with one attached hydrogen (secondary N) is 1. The van der Waals surface area contributed by atoms with E-state index < -0.39 is 5.97 Å². The molecule has 2 rings (SSSR count). The van der Waals surface area contributed by atoms with Crippen molar-refractivity contribution < 1.29 is 14.6 Å². The SMILES string of the molecule is COC(=O)c1c(NC2CCC2)nn(CCO)c1N. The molecule has 1 aliphatic rings. The Morgan fingerprint density at radius 2 is 2.39 bits per heavy atom. The number of nitrogens with zero attached hydrogens (tertiary/aromatic N) is 2. The van der Waals surface area contributed by atoms with Gasteiger partial charge in [-0.25, -0.2) is 9.48 Å². The molecule has 0 aromatic carbocycles. The minimum Gasteiger partial charge on any atom is -0.465 e. The average molecular weight is 254 g/mol. The van der Waals surface area contributed by atoms with Crippen LogP contribution in [0.5, 0.6) is 0 Å². The van der Waals surface area contributed by atoms with Crippen LogP contribution in [0.25, 0.3) is 0 Å². The Morgan fingerprint density at radius 1 is 1.67 bits per heavy atom. The van der Waals surface area contributed by atoms with Gasteiger partial charge in [-0.2, -0.15) is 5.10 Å². The van der Waals surface area contributed by atoms with Crippen LogP contribution >= 0.6 is 0 Å². The Hall–Kier alpha value is -1.76. The molecular formula is C11H18N4O3. The van der Waals surface area contributed by atoms with E-state index in [1.165, 1.54) is 18.2 Å². The third-order valence-corrected chi connectivity index (χ3v) is 3.14. The smallest absolute Gasteiger partial charge is 0.345 e. The number of nitrogen functional groups attached to an aromatic ring is 1. The predicted octanol–water partition coefficient (Wildman–Crippen LogP) is 0.209. The zero-order valence-electron chi connectivity index (χ0n) is 10.3. The van der Waals surface area contributed by atoms with E-state index >= 15 is 0 Å². The number of ether oxygens (including phenoxy) is 1. The normalized spacial score (nSPS) is 15.2. The topological polar surface area (TPSA) is 102 Å². The Labute approximate surface area is 105 Å². The average Bonchev–Trinajstić information content (AvgIpc) is 2.61. The maximum atomic E-state index is 11.7. The molecule has 0 spiro atoms. The number of carbonyl (C=O) groups excluding carboxylic acids is 1. The van der Waals surface area contributed by atoms with Gasteiger partial charge in [-0.15, -0.1) is 0 Å². The number of methoxy groups -OCH3 is 1. The molecule has 4 N–H and O–H groups in total. The van der Waals surface area contributed by atoms with E-state index in [0.717, 1.165) is 12.8 Å². The van der Waals surface area contributed by atoms with Crippen LogP contribution in [-0.2, 0) is 11.3 Å². The molecule has 0 radical (unpaired) electrons. The summed E-state index contributed by atoms with van der Waals surface area (Å²) in [6, 6.07) is 0.338. The quantitative estimate of drug-likeness (QED) is 0.649. The molecule has 100 valence electrons. The highest BCUT2D eigenvalue weighted by molar-refractivity contribution is 5.99. The lowest BCUT2D eigenvalue weighted by molar-refractivity contribution is 0.0602. The van der Waals surface area contributed by atoms with Crippen LogP contribution < -0.4 is 11.1 Å². The zero-order valence-corrected chi connectivity index (χ0v) is 10.3. The molecule has 1 fully saturated rings. The molecule has 7 nitrogen and oxygen atoms in total. The van der Waals surface area contributed by atoms with E-state index in [0.29, 0.717) is 11.9 Å². The maximum Gasteiger partial charge on any atom is 0.345 e. The van der Waals surface area contributed by atoms with Crippen molar-refractivity contribution in [2.45, 2.75) is 31.8 Å².